The highest BCUT2D eigenvalue weighted by atomic mass is 16.5. The maximum atomic E-state index is 11.1. The van der Waals surface area contributed by atoms with E-state index in [2.05, 4.69) is 0 Å². The van der Waals surface area contributed by atoms with Crippen molar-refractivity contribution in [3.8, 4) is 11.5 Å². The lowest BCUT2D eigenvalue weighted by Crippen LogP contribution is -2.16. The summed E-state index contributed by atoms with van der Waals surface area (Å²) in [5.74, 6) is 0.636. The van der Waals surface area contributed by atoms with Crippen molar-refractivity contribution < 1.29 is 19.4 Å². The molecule has 104 valence electrons. The maximum Gasteiger partial charge on any atom is 0.304 e. The smallest absolute Gasteiger partial charge is 0.304 e. The summed E-state index contributed by atoms with van der Waals surface area (Å²) in [6, 6.07) is 2.04. The van der Waals surface area contributed by atoms with Crippen molar-refractivity contribution in [1.82, 2.24) is 0 Å². The largest absolute Gasteiger partial charge is 0.493 e. The Kier molecular flexibility index (Phi) is 3.43. The molecule has 0 amide bonds. The minimum absolute atomic E-state index is 0.149. The number of methoxy groups -OCH3 is 2. The van der Waals surface area contributed by atoms with E-state index in [1.165, 1.54) is 0 Å². The van der Waals surface area contributed by atoms with E-state index in [0.717, 1.165) is 29.5 Å². The average molecular weight is 264 g/mol. The van der Waals surface area contributed by atoms with Crippen molar-refractivity contribution in [2.45, 2.75) is 38.5 Å². The Morgan fingerprint density at radius 1 is 1.21 bits per heavy atom. The molecule has 19 heavy (non-hydrogen) atoms. The molecule has 1 aliphatic rings. The van der Waals surface area contributed by atoms with Crippen LogP contribution in [0.5, 0.6) is 11.5 Å². The summed E-state index contributed by atoms with van der Waals surface area (Å²) in [5, 5.41) is 9.11. The van der Waals surface area contributed by atoms with E-state index >= 15 is 0 Å². The van der Waals surface area contributed by atoms with Crippen LogP contribution in [0.1, 0.15) is 36.0 Å². The minimum Gasteiger partial charge on any atom is -0.493 e. The number of carboxylic acid groups (broad SMARTS) is 1. The molecule has 1 aromatic rings. The summed E-state index contributed by atoms with van der Waals surface area (Å²) in [6.45, 7) is 3.97. The van der Waals surface area contributed by atoms with Crippen LogP contribution in [0.25, 0.3) is 0 Å². The quantitative estimate of drug-likeness (QED) is 0.888. The molecule has 0 aliphatic heterocycles. The highest BCUT2D eigenvalue weighted by Crippen LogP contribution is 2.57. The molecule has 1 fully saturated rings. The monoisotopic (exact) mass is 264 g/mol. The van der Waals surface area contributed by atoms with Crippen molar-refractivity contribution >= 4 is 5.97 Å². The summed E-state index contributed by atoms with van der Waals surface area (Å²) in [4.78, 5) is 11.1. The predicted octanol–water partition coefficient (Wildman–Crippen LogP) is 2.83. The summed E-state index contributed by atoms with van der Waals surface area (Å²) in [5.41, 5.74) is 2.81. The number of benzene rings is 1. The molecular formula is C15H20O4. The Labute approximate surface area is 113 Å². The molecule has 0 bridgehead atoms. The van der Waals surface area contributed by atoms with Gasteiger partial charge in [0.15, 0.2) is 11.5 Å². The molecule has 0 radical (unpaired) electrons. The van der Waals surface area contributed by atoms with E-state index in [4.69, 9.17) is 14.6 Å². The van der Waals surface area contributed by atoms with Gasteiger partial charge in [0.1, 0.15) is 0 Å². The minimum atomic E-state index is -0.765. The summed E-state index contributed by atoms with van der Waals surface area (Å²) in [6.07, 6.45) is 1.93. The van der Waals surface area contributed by atoms with Crippen LogP contribution < -0.4 is 9.47 Å². The lowest BCUT2D eigenvalue weighted by molar-refractivity contribution is -0.137. The Morgan fingerprint density at radius 3 is 2.21 bits per heavy atom. The average Bonchev–Trinajstić information content (AvgIpc) is 3.07. The SMILES string of the molecule is COc1c(C)cc(C)c(C2(CC(=O)O)CC2)c1OC. The second-order valence-corrected chi connectivity index (χ2v) is 5.30. The van der Waals surface area contributed by atoms with E-state index in [0.29, 0.717) is 11.5 Å². The summed E-state index contributed by atoms with van der Waals surface area (Å²) >= 11 is 0. The second kappa shape index (κ2) is 4.76. The van der Waals surface area contributed by atoms with Gasteiger partial charge in [-0.3, -0.25) is 4.79 Å². The van der Waals surface area contributed by atoms with Crippen molar-refractivity contribution in [3.63, 3.8) is 0 Å². The van der Waals surface area contributed by atoms with Crippen LogP contribution in [-0.4, -0.2) is 25.3 Å². The van der Waals surface area contributed by atoms with Gasteiger partial charge in [-0.15, -0.1) is 0 Å². The third-order valence-electron chi connectivity index (χ3n) is 3.90. The Bertz CT molecular complexity index is 515. The predicted molar refractivity (Wildman–Crippen MR) is 72.2 cm³/mol. The third kappa shape index (κ3) is 2.27. The maximum absolute atomic E-state index is 11.1. The normalized spacial score (nSPS) is 16.0. The van der Waals surface area contributed by atoms with Gasteiger partial charge in [-0.1, -0.05) is 6.07 Å². The molecule has 1 saturated carbocycles. The van der Waals surface area contributed by atoms with Gasteiger partial charge in [-0.2, -0.15) is 0 Å². The highest BCUT2D eigenvalue weighted by Gasteiger charge is 2.49. The van der Waals surface area contributed by atoms with Gasteiger partial charge >= 0.3 is 5.97 Å². The molecule has 4 nitrogen and oxygen atoms in total. The molecule has 1 aliphatic carbocycles. The van der Waals surface area contributed by atoms with E-state index in [9.17, 15) is 4.79 Å². The number of carboxylic acids is 1. The molecule has 0 aromatic heterocycles. The van der Waals surface area contributed by atoms with Crippen LogP contribution in [0, 0.1) is 13.8 Å². The van der Waals surface area contributed by atoms with Gasteiger partial charge in [0.2, 0.25) is 0 Å². The molecule has 0 spiro atoms. The van der Waals surface area contributed by atoms with E-state index < -0.39 is 5.97 Å². The van der Waals surface area contributed by atoms with Crippen LogP contribution in [0.15, 0.2) is 6.07 Å². The lowest BCUT2D eigenvalue weighted by atomic mass is 9.86. The van der Waals surface area contributed by atoms with Crippen LogP contribution >= 0.6 is 0 Å². The van der Waals surface area contributed by atoms with Crippen LogP contribution in [0.3, 0.4) is 0 Å². The summed E-state index contributed by atoms with van der Waals surface area (Å²) < 4.78 is 10.9. The van der Waals surface area contributed by atoms with E-state index in [1.807, 2.05) is 19.9 Å². The molecule has 0 atom stereocenters. The lowest BCUT2D eigenvalue weighted by Gasteiger charge is -2.23. The molecule has 1 N–H and O–H groups in total. The third-order valence-corrected chi connectivity index (χ3v) is 3.90. The Balaban J connectivity index is 2.59. The molecule has 0 heterocycles. The standard InChI is InChI=1S/C15H20O4/c1-9-7-10(2)13(18-3)14(19-4)12(9)15(5-6-15)8-11(16)17/h7H,5-6,8H2,1-4H3,(H,16,17). The van der Waals surface area contributed by atoms with Crippen molar-refractivity contribution in [3.05, 3.63) is 22.8 Å². The molecular weight excluding hydrogens is 244 g/mol. The van der Waals surface area contributed by atoms with Crippen LogP contribution in [0.2, 0.25) is 0 Å². The fraction of sp³-hybridized carbons (Fsp3) is 0.533. The fourth-order valence-corrected chi connectivity index (χ4v) is 3.00. The van der Waals surface area contributed by atoms with Gasteiger partial charge in [-0.05, 0) is 37.8 Å². The number of aliphatic carboxylic acids is 1. The van der Waals surface area contributed by atoms with E-state index in [-0.39, 0.29) is 11.8 Å². The Morgan fingerprint density at radius 2 is 1.79 bits per heavy atom. The zero-order valence-electron chi connectivity index (χ0n) is 11.9. The van der Waals surface area contributed by atoms with Gasteiger partial charge < -0.3 is 14.6 Å². The highest BCUT2D eigenvalue weighted by molar-refractivity contribution is 5.72. The van der Waals surface area contributed by atoms with E-state index in [1.54, 1.807) is 14.2 Å². The number of ether oxygens (including phenoxy) is 2. The zero-order chi connectivity index (χ0) is 14.2. The molecule has 0 unspecified atom stereocenters. The first-order valence-electron chi connectivity index (χ1n) is 6.39. The number of aryl methyl sites for hydroxylation is 2. The Hall–Kier alpha value is -1.71. The molecule has 4 heteroatoms. The number of hydrogen-bond acceptors (Lipinski definition) is 3. The number of carbonyl (C=O) groups is 1. The van der Waals surface area contributed by atoms with Crippen LogP contribution in [-0.2, 0) is 10.2 Å². The first kappa shape index (κ1) is 13.7. The first-order valence-corrected chi connectivity index (χ1v) is 6.39. The van der Waals surface area contributed by atoms with Gasteiger partial charge in [0.05, 0.1) is 20.6 Å². The first-order chi connectivity index (χ1) is 8.95. The van der Waals surface area contributed by atoms with Crippen molar-refractivity contribution in [2.24, 2.45) is 0 Å². The van der Waals surface area contributed by atoms with Crippen molar-refractivity contribution in [1.29, 1.82) is 0 Å². The fourth-order valence-electron chi connectivity index (χ4n) is 3.00. The second-order valence-electron chi connectivity index (χ2n) is 5.30. The molecule has 0 saturated heterocycles. The van der Waals surface area contributed by atoms with Gasteiger partial charge in [-0.25, -0.2) is 0 Å². The molecule has 1 aromatic carbocycles. The van der Waals surface area contributed by atoms with Crippen molar-refractivity contribution in [2.75, 3.05) is 14.2 Å². The van der Waals surface area contributed by atoms with Gasteiger partial charge in [0, 0.05) is 11.0 Å². The summed E-state index contributed by atoms with van der Waals surface area (Å²) in [7, 11) is 3.22. The number of rotatable bonds is 5. The molecule has 2 rings (SSSR count). The van der Waals surface area contributed by atoms with Gasteiger partial charge in [0.25, 0.3) is 0 Å². The van der Waals surface area contributed by atoms with Crippen LogP contribution in [0.4, 0.5) is 0 Å². The topological polar surface area (TPSA) is 55.8 Å². The number of hydrogen-bond donors (Lipinski definition) is 1. The zero-order valence-corrected chi connectivity index (χ0v) is 11.9.